The van der Waals surface area contributed by atoms with Gasteiger partial charge in [-0.3, -0.25) is 9.52 Å². The summed E-state index contributed by atoms with van der Waals surface area (Å²) >= 11 is 0. The molecule has 0 bridgehead atoms. The molecule has 188 valence electrons. The van der Waals surface area contributed by atoms with Crippen LogP contribution < -0.4 is 10.0 Å². The smallest absolute Gasteiger partial charge is 0.339 e. The number of esters is 2. The van der Waals surface area contributed by atoms with Crippen LogP contribution in [-0.4, -0.2) is 40.5 Å². The molecule has 3 aromatic rings. The Labute approximate surface area is 209 Å². The van der Waals surface area contributed by atoms with Crippen LogP contribution in [0, 0.1) is 20.8 Å². The van der Waals surface area contributed by atoms with Gasteiger partial charge in [-0.15, -0.1) is 0 Å². The standard InChI is InChI=1S/C26H26N2O7S/c1-15-7-10-20(12-17(15)3)28-36(32,33)23-14-18(8-6-16(23)2)24(29)27-22-13-19(25(30)34-4)9-11-21(22)26(31)35-5/h6-14,28H,1-5H3,(H,27,29). The van der Waals surface area contributed by atoms with Crippen LogP contribution in [0.1, 0.15) is 47.8 Å². The summed E-state index contributed by atoms with van der Waals surface area (Å²) in [5, 5.41) is 2.56. The molecule has 3 rings (SSSR count). The molecule has 0 heterocycles. The van der Waals surface area contributed by atoms with Crippen LogP contribution in [0.2, 0.25) is 0 Å². The van der Waals surface area contributed by atoms with Crippen LogP contribution >= 0.6 is 0 Å². The molecule has 1 amide bonds. The number of sulfonamides is 1. The van der Waals surface area contributed by atoms with E-state index in [4.69, 9.17) is 9.47 Å². The lowest BCUT2D eigenvalue weighted by Crippen LogP contribution is -2.19. The van der Waals surface area contributed by atoms with Crippen LogP contribution in [0.4, 0.5) is 11.4 Å². The monoisotopic (exact) mass is 510 g/mol. The molecule has 10 heteroatoms. The van der Waals surface area contributed by atoms with Crippen molar-refractivity contribution in [2.45, 2.75) is 25.7 Å². The van der Waals surface area contributed by atoms with Crippen LogP contribution in [0.15, 0.2) is 59.5 Å². The number of ether oxygens (including phenoxy) is 2. The Bertz CT molecular complexity index is 1460. The summed E-state index contributed by atoms with van der Waals surface area (Å²) in [6.45, 7) is 5.42. The maximum absolute atomic E-state index is 13.1. The molecule has 0 unspecified atom stereocenters. The molecule has 0 aliphatic rings. The summed E-state index contributed by atoms with van der Waals surface area (Å²) in [6, 6.07) is 13.4. The van der Waals surface area contributed by atoms with Crippen molar-refractivity contribution < 1.29 is 32.3 Å². The lowest BCUT2D eigenvalue weighted by molar-refractivity contribution is 0.0587. The van der Waals surface area contributed by atoms with E-state index in [9.17, 15) is 22.8 Å². The molecule has 0 aliphatic heterocycles. The topological polar surface area (TPSA) is 128 Å². The number of nitrogens with one attached hydrogen (secondary N) is 2. The number of benzene rings is 3. The van der Waals surface area contributed by atoms with Gasteiger partial charge < -0.3 is 14.8 Å². The van der Waals surface area contributed by atoms with E-state index in [2.05, 4.69) is 10.0 Å². The van der Waals surface area contributed by atoms with Gasteiger partial charge in [0.05, 0.1) is 35.9 Å². The zero-order chi connectivity index (χ0) is 26.6. The Morgan fingerprint density at radius 3 is 2.00 bits per heavy atom. The van der Waals surface area contributed by atoms with Gasteiger partial charge in [0.15, 0.2) is 0 Å². The van der Waals surface area contributed by atoms with Gasteiger partial charge >= 0.3 is 11.9 Å². The van der Waals surface area contributed by atoms with E-state index in [-0.39, 0.29) is 27.3 Å². The number of carbonyl (C=O) groups excluding carboxylic acids is 3. The number of anilines is 2. The van der Waals surface area contributed by atoms with E-state index < -0.39 is 27.9 Å². The summed E-state index contributed by atoms with van der Waals surface area (Å²) < 4.78 is 38.3. The minimum Gasteiger partial charge on any atom is -0.465 e. The average molecular weight is 511 g/mol. The molecule has 0 spiro atoms. The molecule has 9 nitrogen and oxygen atoms in total. The van der Waals surface area contributed by atoms with Crippen molar-refractivity contribution in [1.82, 2.24) is 0 Å². The number of hydrogen-bond acceptors (Lipinski definition) is 7. The van der Waals surface area contributed by atoms with E-state index in [1.807, 2.05) is 19.9 Å². The first-order chi connectivity index (χ1) is 17.0. The number of amides is 1. The van der Waals surface area contributed by atoms with Gasteiger partial charge in [-0.05, 0) is 79.9 Å². The number of aryl methyl sites for hydroxylation is 3. The zero-order valence-electron chi connectivity index (χ0n) is 20.5. The molecule has 0 saturated heterocycles. The summed E-state index contributed by atoms with van der Waals surface area (Å²) in [6.07, 6.45) is 0. The Hall–Kier alpha value is -4.18. The number of carbonyl (C=O) groups is 3. The molecule has 0 saturated carbocycles. The average Bonchev–Trinajstić information content (AvgIpc) is 2.85. The highest BCUT2D eigenvalue weighted by molar-refractivity contribution is 7.92. The van der Waals surface area contributed by atoms with Gasteiger partial charge in [-0.2, -0.15) is 0 Å². The fourth-order valence-corrected chi connectivity index (χ4v) is 4.74. The maximum atomic E-state index is 13.1. The minimum atomic E-state index is -4.01. The predicted octanol–water partition coefficient (Wildman–Crippen LogP) is 4.24. The molecule has 0 atom stereocenters. The lowest BCUT2D eigenvalue weighted by atomic mass is 10.1. The SMILES string of the molecule is COC(=O)c1ccc(C(=O)OC)c(NC(=O)c2ccc(C)c(S(=O)(=O)Nc3ccc(C)c(C)c3)c2)c1. The molecule has 0 fully saturated rings. The lowest BCUT2D eigenvalue weighted by Gasteiger charge is -2.14. The van der Waals surface area contributed by atoms with Crippen LogP contribution in [-0.2, 0) is 19.5 Å². The highest BCUT2D eigenvalue weighted by atomic mass is 32.2. The van der Waals surface area contributed by atoms with Crippen LogP contribution in [0.25, 0.3) is 0 Å². The highest BCUT2D eigenvalue weighted by Crippen LogP contribution is 2.24. The third-order valence-electron chi connectivity index (χ3n) is 5.59. The quantitative estimate of drug-likeness (QED) is 0.455. The fourth-order valence-electron chi connectivity index (χ4n) is 3.42. The van der Waals surface area contributed by atoms with Crippen molar-refractivity contribution in [2.24, 2.45) is 0 Å². The third kappa shape index (κ3) is 5.72. The Morgan fingerprint density at radius 1 is 0.722 bits per heavy atom. The molecule has 0 radical (unpaired) electrons. The zero-order valence-corrected chi connectivity index (χ0v) is 21.3. The molecule has 36 heavy (non-hydrogen) atoms. The van der Waals surface area contributed by atoms with E-state index in [0.717, 1.165) is 11.1 Å². The summed E-state index contributed by atoms with van der Waals surface area (Å²) in [5.74, 6) is -2.08. The molecule has 0 aromatic heterocycles. The Morgan fingerprint density at radius 2 is 1.36 bits per heavy atom. The Balaban J connectivity index is 1.96. The van der Waals surface area contributed by atoms with Crippen molar-refractivity contribution in [3.05, 3.63) is 88.0 Å². The van der Waals surface area contributed by atoms with Gasteiger partial charge in [0.25, 0.3) is 15.9 Å². The van der Waals surface area contributed by atoms with E-state index in [1.165, 1.54) is 50.6 Å². The molecular formula is C26H26N2O7S. The van der Waals surface area contributed by atoms with Crippen molar-refractivity contribution in [1.29, 1.82) is 0 Å². The fraction of sp³-hybridized carbons (Fsp3) is 0.192. The number of hydrogen-bond donors (Lipinski definition) is 2. The van der Waals surface area contributed by atoms with Gasteiger partial charge in [0, 0.05) is 11.3 Å². The van der Waals surface area contributed by atoms with E-state index in [0.29, 0.717) is 11.3 Å². The van der Waals surface area contributed by atoms with E-state index >= 15 is 0 Å². The highest BCUT2D eigenvalue weighted by Gasteiger charge is 2.22. The maximum Gasteiger partial charge on any atom is 0.339 e. The van der Waals surface area contributed by atoms with Gasteiger partial charge in [0.2, 0.25) is 0 Å². The second-order valence-electron chi connectivity index (χ2n) is 8.08. The first-order valence-electron chi connectivity index (χ1n) is 10.8. The van der Waals surface area contributed by atoms with Crippen molar-refractivity contribution in [3.63, 3.8) is 0 Å². The largest absolute Gasteiger partial charge is 0.465 e. The molecule has 2 N–H and O–H groups in total. The van der Waals surface area contributed by atoms with Gasteiger partial charge in [-0.1, -0.05) is 12.1 Å². The van der Waals surface area contributed by atoms with Crippen molar-refractivity contribution >= 4 is 39.2 Å². The van der Waals surface area contributed by atoms with Gasteiger partial charge in [-0.25, -0.2) is 18.0 Å². The normalized spacial score (nSPS) is 10.9. The third-order valence-corrected chi connectivity index (χ3v) is 7.12. The first kappa shape index (κ1) is 26.4. The second-order valence-corrected chi connectivity index (χ2v) is 9.73. The van der Waals surface area contributed by atoms with Crippen molar-refractivity contribution in [3.8, 4) is 0 Å². The number of methoxy groups -OCH3 is 2. The molecule has 3 aromatic carbocycles. The minimum absolute atomic E-state index is 0.00740. The Kier molecular flexibility index (Phi) is 7.79. The molecule has 0 aliphatic carbocycles. The summed E-state index contributed by atoms with van der Waals surface area (Å²) in [4.78, 5) is 37.1. The summed E-state index contributed by atoms with van der Waals surface area (Å²) in [5.41, 5.74) is 2.93. The summed E-state index contributed by atoms with van der Waals surface area (Å²) in [7, 11) is -1.63. The van der Waals surface area contributed by atoms with Crippen LogP contribution in [0.3, 0.4) is 0 Å². The van der Waals surface area contributed by atoms with Crippen molar-refractivity contribution in [2.75, 3.05) is 24.3 Å². The molecular weight excluding hydrogens is 484 g/mol. The van der Waals surface area contributed by atoms with Gasteiger partial charge in [0.1, 0.15) is 0 Å². The first-order valence-corrected chi connectivity index (χ1v) is 12.3. The van der Waals surface area contributed by atoms with Crippen LogP contribution in [0.5, 0.6) is 0 Å². The van der Waals surface area contributed by atoms with E-state index in [1.54, 1.807) is 19.1 Å². The second kappa shape index (κ2) is 10.6. The number of rotatable bonds is 7. The predicted molar refractivity (Wildman–Crippen MR) is 135 cm³/mol.